The van der Waals surface area contributed by atoms with E-state index in [-0.39, 0.29) is 23.7 Å². The van der Waals surface area contributed by atoms with E-state index in [4.69, 9.17) is 9.47 Å². The van der Waals surface area contributed by atoms with E-state index in [2.05, 4.69) is 73.5 Å². The summed E-state index contributed by atoms with van der Waals surface area (Å²) in [5.41, 5.74) is 4.90. The van der Waals surface area contributed by atoms with Crippen LogP contribution in [-0.4, -0.2) is 43.3 Å². The van der Waals surface area contributed by atoms with Crippen LogP contribution in [0.25, 0.3) is 11.1 Å². The van der Waals surface area contributed by atoms with Crippen molar-refractivity contribution in [2.24, 2.45) is 11.3 Å². The Balaban J connectivity index is 1.29. The normalized spacial score (nSPS) is 26.6. The molecule has 0 unspecified atom stereocenters. The van der Waals surface area contributed by atoms with Gasteiger partial charge in [0.1, 0.15) is 11.9 Å². The van der Waals surface area contributed by atoms with E-state index in [0.29, 0.717) is 5.92 Å². The van der Waals surface area contributed by atoms with Crippen LogP contribution in [0, 0.1) is 11.3 Å². The number of hydrogen-bond acceptors (Lipinski definition) is 4. The van der Waals surface area contributed by atoms with Crippen LogP contribution >= 0.6 is 0 Å². The summed E-state index contributed by atoms with van der Waals surface area (Å²) in [6.45, 7) is 10.6. The third-order valence-corrected chi connectivity index (χ3v) is 8.35. The fourth-order valence-corrected chi connectivity index (χ4v) is 5.99. The molecule has 188 valence electrons. The van der Waals surface area contributed by atoms with Crippen molar-refractivity contribution in [3.63, 3.8) is 0 Å². The van der Waals surface area contributed by atoms with E-state index in [1.807, 2.05) is 0 Å². The van der Waals surface area contributed by atoms with Gasteiger partial charge in [-0.1, -0.05) is 57.5 Å². The van der Waals surface area contributed by atoms with E-state index >= 15 is 0 Å². The molecule has 2 atom stereocenters. The minimum absolute atomic E-state index is 0.0277. The molecule has 1 aliphatic carbocycles. The highest BCUT2D eigenvalue weighted by molar-refractivity contribution is 5.70. The number of benzene rings is 2. The zero-order chi connectivity index (χ0) is 24.4. The van der Waals surface area contributed by atoms with Crippen LogP contribution in [-0.2, 0) is 11.2 Å². The van der Waals surface area contributed by atoms with Crippen LogP contribution in [0.1, 0.15) is 70.0 Å². The van der Waals surface area contributed by atoms with Crippen molar-refractivity contribution in [1.82, 2.24) is 10.2 Å². The zero-order valence-electron chi connectivity index (χ0n) is 21.5. The van der Waals surface area contributed by atoms with Gasteiger partial charge in [-0.3, -0.25) is 4.90 Å². The van der Waals surface area contributed by atoms with Crippen LogP contribution in [0.15, 0.2) is 42.5 Å². The topological polar surface area (TPSA) is 50.8 Å². The predicted octanol–water partition coefficient (Wildman–Crippen LogP) is 6.37. The first kappa shape index (κ1) is 24.2. The number of aryl methyl sites for hydroxylation is 1. The van der Waals surface area contributed by atoms with Gasteiger partial charge < -0.3 is 14.8 Å². The van der Waals surface area contributed by atoms with Crippen molar-refractivity contribution >= 4 is 6.09 Å². The quantitative estimate of drug-likeness (QED) is 0.472. The molecule has 5 nitrogen and oxygen atoms in total. The molecule has 0 spiro atoms. The SMILES string of the molecule is CCCCOc1ccc(-c2ccc3c(c2)CCC(C)(C)[C@H]3NC(=O)O[C@@H]2CN3CCC2CC3)cc1. The fourth-order valence-electron chi connectivity index (χ4n) is 5.99. The number of piperidine rings is 3. The first-order chi connectivity index (χ1) is 16.9. The first-order valence-corrected chi connectivity index (χ1v) is 13.5. The van der Waals surface area contributed by atoms with Gasteiger partial charge in [0.25, 0.3) is 0 Å². The summed E-state index contributed by atoms with van der Waals surface area (Å²) in [6, 6.07) is 15.0. The number of hydrogen-bond donors (Lipinski definition) is 1. The van der Waals surface area contributed by atoms with Crippen molar-refractivity contribution in [3.8, 4) is 16.9 Å². The van der Waals surface area contributed by atoms with Crippen LogP contribution < -0.4 is 10.1 Å². The summed E-state index contributed by atoms with van der Waals surface area (Å²) in [7, 11) is 0. The molecule has 2 aromatic rings. The monoisotopic (exact) mass is 476 g/mol. The number of amides is 1. The Bertz CT molecular complexity index is 1020. The van der Waals surface area contributed by atoms with E-state index in [0.717, 1.165) is 70.5 Å². The minimum atomic E-state index is -0.266. The number of rotatable bonds is 7. The van der Waals surface area contributed by atoms with Crippen LogP contribution in [0.4, 0.5) is 4.79 Å². The first-order valence-electron chi connectivity index (χ1n) is 13.5. The van der Waals surface area contributed by atoms with E-state index in [1.54, 1.807) is 0 Å². The lowest BCUT2D eigenvalue weighted by molar-refractivity contribution is -0.0353. The summed E-state index contributed by atoms with van der Waals surface area (Å²) in [5.74, 6) is 1.44. The van der Waals surface area contributed by atoms with E-state index in [9.17, 15) is 4.79 Å². The van der Waals surface area contributed by atoms with Crippen molar-refractivity contribution in [3.05, 3.63) is 53.6 Å². The summed E-state index contributed by atoms with van der Waals surface area (Å²) < 4.78 is 11.8. The van der Waals surface area contributed by atoms with Crippen LogP contribution in [0.2, 0.25) is 0 Å². The van der Waals surface area contributed by atoms with Crippen molar-refractivity contribution < 1.29 is 14.3 Å². The van der Waals surface area contributed by atoms with Gasteiger partial charge >= 0.3 is 6.09 Å². The summed E-state index contributed by atoms with van der Waals surface area (Å²) in [6.07, 6.45) is 6.30. The average molecular weight is 477 g/mol. The Labute approximate surface area is 210 Å². The molecule has 35 heavy (non-hydrogen) atoms. The molecule has 3 aliphatic heterocycles. The van der Waals surface area contributed by atoms with Crippen molar-refractivity contribution in [1.29, 1.82) is 0 Å². The number of carbonyl (C=O) groups excluding carboxylic acids is 1. The summed E-state index contributed by atoms with van der Waals surface area (Å²) in [5, 5.41) is 3.27. The van der Waals surface area contributed by atoms with Gasteiger partial charge in [0.15, 0.2) is 0 Å². The number of carbonyl (C=O) groups is 1. The second kappa shape index (κ2) is 10.2. The fraction of sp³-hybridized carbons (Fsp3) is 0.567. The average Bonchev–Trinajstić information content (AvgIpc) is 2.87. The maximum absolute atomic E-state index is 13.0. The molecule has 5 heteroatoms. The Morgan fingerprint density at radius 1 is 1.09 bits per heavy atom. The Kier molecular flexibility index (Phi) is 7.06. The lowest BCUT2D eigenvalue weighted by Gasteiger charge is -2.44. The molecule has 3 heterocycles. The Morgan fingerprint density at radius 2 is 1.83 bits per heavy atom. The molecular formula is C30H40N2O3. The van der Waals surface area contributed by atoms with Gasteiger partial charge in [-0.2, -0.15) is 0 Å². The molecule has 1 amide bonds. The van der Waals surface area contributed by atoms with Crippen molar-refractivity contribution in [2.45, 2.75) is 71.4 Å². The third kappa shape index (κ3) is 5.35. The molecule has 2 aromatic carbocycles. The Morgan fingerprint density at radius 3 is 2.51 bits per heavy atom. The molecule has 4 aliphatic rings. The molecule has 2 bridgehead atoms. The van der Waals surface area contributed by atoms with Gasteiger partial charge in [-0.25, -0.2) is 4.79 Å². The molecule has 3 fully saturated rings. The minimum Gasteiger partial charge on any atom is -0.494 e. The third-order valence-electron chi connectivity index (χ3n) is 8.35. The number of fused-ring (bicyclic) bond motifs is 4. The molecule has 6 rings (SSSR count). The second-order valence-corrected chi connectivity index (χ2v) is 11.3. The standard InChI is InChI=1S/C30H40N2O3/c1-4-5-18-34-25-9-6-21(7-10-25)23-8-11-26-24(19-23)12-15-30(2,3)28(26)31-29(33)35-27-20-32-16-13-22(27)14-17-32/h6-11,19,22,27-28H,4-5,12-18,20H2,1-3H3,(H,31,33)/t27-,28+/m1/s1. The van der Waals surface area contributed by atoms with Gasteiger partial charge in [0, 0.05) is 6.54 Å². The molecule has 0 radical (unpaired) electrons. The van der Waals surface area contributed by atoms with Gasteiger partial charge in [0.2, 0.25) is 0 Å². The smallest absolute Gasteiger partial charge is 0.407 e. The molecular weight excluding hydrogens is 436 g/mol. The zero-order valence-corrected chi connectivity index (χ0v) is 21.5. The predicted molar refractivity (Wildman–Crippen MR) is 140 cm³/mol. The number of ether oxygens (including phenoxy) is 2. The van der Waals surface area contributed by atoms with Gasteiger partial charge in [-0.15, -0.1) is 0 Å². The van der Waals surface area contributed by atoms with Crippen LogP contribution in [0.3, 0.4) is 0 Å². The Hall–Kier alpha value is -2.53. The van der Waals surface area contributed by atoms with Gasteiger partial charge in [0.05, 0.1) is 12.6 Å². The highest BCUT2D eigenvalue weighted by atomic mass is 16.6. The molecule has 0 aromatic heterocycles. The number of alkyl carbamates (subject to hydrolysis) is 1. The van der Waals surface area contributed by atoms with Crippen LogP contribution in [0.5, 0.6) is 5.75 Å². The highest BCUT2D eigenvalue weighted by Crippen LogP contribution is 2.44. The largest absolute Gasteiger partial charge is 0.494 e. The van der Waals surface area contributed by atoms with E-state index < -0.39 is 0 Å². The van der Waals surface area contributed by atoms with E-state index in [1.165, 1.54) is 22.3 Å². The molecule has 0 saturated carbocycles. The maximum Gasteiger partial charge on any atom is 0.407 e. The lowest BCUT2D eigenvalue weighted by atomic mass is 9.70. The summed E-state index contributed by atoms with van der Waals surface area (Å²) >= 11 is 0. The number of unbranched alkanes of at least 4 members (excludes halogenated alkanes) is 1. The van der Waals surface area contributed by atoms with Gasteiger partial charge in [-0.05, 0) is 90.9 Å². The highest BCUT2D eigenvalue weighted by Gasteiger charge is 2.40. The van der Waals surface area contributed by atoms with Crippen molar-refractivity contribution in [2.75, 3.05) is 26.2 Å². The number of nitrogens with one attached hydrogen (secondary N) is 1. The molecule has 3 saturated heterocycles. The molecule has 1 N–H and O–H groups in total. The summed E-state index contributed by atoms with van der Waals surface area (Å²) in [4.78, 5) is 15.4. The number of nitrogens with zero attached hydrogens (tertiary/aromatic N) is 1. The lowest BCUT2D eigenvalue weighted by Crippen LogP contribution is -2.53. The second-order valence-electron chi connectivity index (χ2n) is 11.3. The maximum atomic E-state index is 13.0.